The molecular weight excluding hydrogens is 258 g/mol. The van der Waals surface area contributed by atoms with Crippen molar-refractivity contribution in [3.63, 3.8) is 0 Å². The number of rotatable bonds is 2. The van der Waals surface area contributed by atoms with Gasteiger partial charge in [-0.1, -0.05) is 30.3 Å². The normalized spacial score (nSPS) is 13.5. The van der Waals surface area contributed by atoms with Gasteiger partial charge in [0.15, 0.2) is 0 Å². The molecule has 0 aromatic heterocycles. The Morgan fingerprint density at radius 2 is 1.63 bits per heavy atom. The van der Waals surface area contributed by atoms with Gasteiger partial charge >= 0.3 is 0 Å². The van der Waals surface area contributed by atoms with Gasteiger partial charge in [0.2, 0.25) is 10.0 Å². The van der Waals surface area contributed by atoms with Crippen LogP contribution in [0.25, 0.3) is 11.1 Å². The number of hydrogen-bond acceptors (Lipinski definition) is 2. The number of benzene rings is 2. The third-order valence-electron chi connectivity index (χ3n) is 3.38. The van der Waals surface area contributed by atoms with E-state index >= 15 is 0 Å². The van der Waals surface area contributed by atoms with Gasteiger partial charge in [0.05, 0.1) is 6.26 Å². The highest BCUT2D eigenvalue weighted by Crippen LogP contribution is 2.34. The van der Waals surface area contributed by atoms with Gasteiger partial charge in [-0.3, -0.25) is 4.72 Å². The Hall–Kier alpha value is -1.81. The molecule has 0 atom stereocenters. The van der Waals surface area contributed by atoms with Gasteiger partial charge in [-0.2, -0.15) is 0 Å². The fraction of sp³-hybridized carbons (Fsp3) is 0.200. The lowest BCUT2D eigenvalue weighted by Gasteiger charge is -2.20. The summed E-state index contributed by atoms with van der Waals surface area (Å²) in [5.41, 5.74) is 5.67. The predicted octanol–water partition coefficient (Wildman–Crippen LogP) is 2.82. The lowest BCUT2D eigenvalue weighted by atomic mass is 9.85. The molecule has 0 saturated carbocycles. The highest BCUT2D eigenvalue weighted by molar-refractivity contribution is 7.92. The first-order valence-corrected chi connectivity index (χ1v) is 8.11. The van der Waals surface area contributed by atoms with Crippen LogP contribution in [0.2, 0.25) is 0 Å². The van der Waals surface area contributed by atoms with E-state index < -0.39 is 10.0 Å². The molecule has 1 aliphatic rings. The Kier molecular flexibility index (Phi) is 2.82. The first kappa shape index (κ1) is 12.2. The second kappa shape index (κ2) is 4.38. The first-order valence-electron chi connectivity index (χ1n) is 6.22. The summed E-state index contributed by atoms with van der Waals surface area (Å²) in [6, 6.07) is 14.1. The number of fused-ring (bicyclic) bond motifs is 3. The Balaban J connectivity index is 2.05. The molecule has 19 heavy (non-hydrogen) atoms. The van der Waals surface area contributed by atoms with Gasteiger partial charge in [0.25, 0.3) is 0 Å². The molecular formula is C15H15NO2S. The lowest BCUT2D eigenvalue weighted by molar-refractivity contribution is 0.607. The molecule has 0 amide bonds. The van der Waals surface area contributed by atoms with E-state index in [9.17, 15) is 8.42 Å². The Labute approximate surface area is 113 Å². The van der Waals surface area contributed by atoms with Gasteiger partial charge < -0.3 is 0 Å². The van der Waals surface area contributed by atoms with Crippen molar-refractivity contribution in [3.05, 3.63) is 53.6 Å². The summed E-state index contributed by atoms with van der Waals surface area (Å²) in [4.78, 5) is 0. The van der Waals surface area contributed by atoms with Crippen molar-refractivity contribution < 1.29 is 8.42 Å². The number of aryl methyl sites for hydroxylation is 2. The monoisotopic (exact) mass is 273 g/mol. The van der Waals surface area contributed by atoms with E-state index in [2.05, 4.69) is 22.9 Å². The summed E-state index contributed by atoms with van der Waals surface area (Å²) in [5.74, 6) is 0. The molecule has 3 rings (SSSR count). The fourth-order valence-electron chi connectivity index (χ4n) is 2.61. The SMILES string of the molecule is CS(=O)(=O)Nc1ccc2c(c1)CCc1ccccc1-2. The molecule has 2 aromatic rings. The highest BCUT2D eigenvalue weighted by atomic mass is 32.2. The smallest absolute Gasteiger partial charge is 0.229 e. The van der Waals surface area contributed by atoms with Crippen LogP contribution in [0.4, 0.5) is 5.69 Å². The summed E-state index contributed by atoms with van der Waals surface area (Å²) in [5, 5.41) is 0. The molecule has 0 bridgehead atoms. The van der Waals surface area contributed by atoms with Crippen LogP contribution in [0.5, 0.6) is 0 Å². The molecule has 0 saturated heterocycles. The first-order chi connectivity index (χ1) is 9.03. The summed E-state index contributed by atoms with van der Waals surface area (Å²) < 4.78 is 25.0. The maximum Gasteiger partial charge on any atom is 0.229 e. The highest BCUT2D eigenvalue weighted by Gasteiger charge is 2.16. The van der Waals surface area contributed by atoms with E-state index in [1.165, 1.54) is 28.5 Å². The van der Waals surface area contributed by atoms with Crippen LogP contribution < -0.4 is 4.72 Å². The maximum absolute atomic E-state index is 11.3. The van der Waals surface area contributed by atoms with Crippen molar-refractivity contribution >= 4 is 15.7 Å². The molecule has 0 heterocycles. The van der Waals surface area contributed by atoms with Crippen molar-refractivity contribution in [3.8, 4) is 11.1 Å². The van der Waals surface area contributed by atoms with E-state index in [0.717, 1.165) is 12.8 Å². The summed E-state index contributed by atoms with van der Waals surface area (Å²) in [6.07, 6.45) is 3.12. The number of nitrogens with one attached hydrogen (secondary N) is 1. The van der Waals surface area contributed by atoms with Crippen LogP contribution in [0.15, 0.2) is 42.5 Å². The van der Waals surface area contributed by atoms with Gasteiger partial charge in [-0.05, 0) is 47.2 Å². The lowest BCUT2D eigenvalue weighted by Crippen LogP contribution is -2.11. The van der Waals surface area contributed by atoms with Crippen LogP contribution in [0.3, 0.4) is 0 Å². The quantitative estimate of drug-likeness (QED) is 0.914. The van der Waals surface area contributed by atoms with Crippen LogP contribution in [-0.2, 0) is 22.9 Å². The van der Waals surface area contributed by atoms with Crippen LogP contribution in [0, 0.1) is 0 Å². The largest absolute Gasteiger partial charge is 0.284 e. The van der Waals surface area contributed by atoms with E-state index in [4.69, 9.17) is 0 Å². The molecule has 2 aromatic carbocycles. The zero-order chi connectivity index (χ0) is 13.5. The summed E-state index contributed by atoms with van der Waals surface area (Å²) in [6.45, 7) is 0. The van der Waals surface area contributed by atoms with Crippen molar-refractivity contribution in [1.82, 2.24) is 0 Å². The Morgan fingerprint density at radius 1 is 0.947 bits per heavy atom. The van der Waals surface area contributed by atoms with E-state index in [1.807, 2.05) is 24.3 Å². The molecule has 0 aliphatic heterocycles. The standard InChI is InChI=1S/C15H15NO2S/c1-19(17,18)16-13-8-9-15-12(10-13)7-6-11-4-2-3-5-14(11)15/h2-5,8-10,16H,6-7H2,1H3. The minimum absolute atomic E-state index is 0.639. The van der Waals surface area contributed by atoms with Crippen molar-refractivity contribution in [2.24, 2.45) is 0 Å². The molecule has 1 N–H and O–H groups in total. The van der Waals surface area contributed by atoms with Gasteiger partial charge in [-0.15, -0.1) is 0 Å². The zero-order valence-corrected chi connectivity index (χ0v) is 11.5. The summed E-state index contributed by atoms with van der Waals surface area (Å²) >= 11 is 0. The maximum atomic E-state index is 11.3. The van der Waals surface area contributed by atoms with Crippen LogP contribution in [-0.4, -0.2) is 14.7 Å². The predicted molar refractivity (Wildman–Crippen MR) is 77.8 cm³/mol. The Morgan fingerprint density at radius 3 is 2.42 bits per heavy atom. The third kappa shape index (κ3) is 2.49. The van der Waals surface area contributed by atoms with E-state index in [-0.39, 0.29) is 0 Å². The average molecular weight is 273 g/mol. The molecule has 0 fully saturated rings. The van der Waals surface area contributed by atoms with Crippen molar-refractivity contribution in [2.75, 3.05) is 11.0 Å². The van der Waals surface area contributed by atoms with Gasteiger partial charge in [0, 0.05) is 5.69 Å². The molecule has 0 spiro atoms. The second-order valence-electron chi connectivity index (χ2n) is 4.90. The molecule has 1 aliphatic carbocycles. The molecule has 4 heteroatoms. The average Bonchev–Trinajstić information content (AvgIpc) is 2.36. The second-order valence-corrected chi connectivity index (χ2v) is 6.65. The van der Waals surface area contributed by atoms with Crippen LogP contribution in [0.1, 0.15) is 11.1 Å². The van der Waals surface area contributed by atoms with Gasteiger partial charge in [-0.25, -0.2) is 8.42 Å². The Bertz CT molecular complexity index is 736. The number of anilines is 1. The number of sulfonamides is 1. The summed E-state index contributed by atoms with van der Waals surface area (Å²) in [7, 11) is -3.21. The molecule has 3 nitrogen and oxygen atoms in total. The molecule has 0 radical (unpaired) electrons. The zero-order valence-electron chi connectivity index (χ0n) is 10.7. The third-order valence-corrected chi connectivity index (χ3v) is 3.99. The number of hydrogen-bond donors (Lipinski definition) is 1. The van der Waals surface area contributed by atoms with E-state index in [1.54, 1.807) is 0 Å². The van der Waals surface area contributed by atoms with Crippen LogP contribution >= 0.6 is 0 Å². The topological polar surface area (TPSA) is 46.2 Å². The van der Waals surface area contributed by atoms with Crippen molar-refractivity contribution in [2.45, 2.75) is 12.8 Å². The van der Waals surface area contributed by atoms with E-state index in [0.29, 0.717) is 5.69 Å². The minimum Gasteiger partial charge on any atom is -0.284 e. The fourth-order valence-corrected chi connectivity index (χ4v) is 3.17. The van der Waals surface area contributed by atoms with Gasteiger partial charge in [0.1, 0.15) is 0 Å². The van der Waals surface area contributed by atoms with Crippen molar-refractivity contribution in [1.29, 1.82) is 0 Å². The molecule has 0 unspecified atom stereocenters. The minimum atomic E-state index is -3.21. The molecule has 98 valence electrons.